The molecule has 3 rings (SSSR count). The minimum Gasteiger partial charge on any atom is -0.348 e. The third-order valence-electron chi connectivity index (χ3n) is 4.44. The zero-order chi connectivity index (χ0) is 18.7. The van der Waals surface area contributed by atoms with Crippen LogP contribution in [-0.4, -0.2) is 36.9 Å². The van der Waals surface area contributed by atoms with Crippen LogP contribution in [0.3, 0.4) is 0 Å². The van der Waals surface area contributed by atoms with E-state index >= 15 is 0 Å². The van der Waals surface area contributed by atoms with Crippen molar-refractivity contribution in [2.75, 3.05) is 16.8 Å². The van der Waals surface area contributed by atoms with Gasteiger partial charge in [0.05, 0.1) is 11.5 Å². The Kier molecular flexibility index (Phi) is 5.27. The van der Waals surface area contributed by atoms with Crippen LogP contribution in [0.2, 0.25) is 0 Å². The van der Waals surface area contributed by atoms with Crippen molar-refractivity contribution < 1.29 is 13.2 Å². The lowest BCUT2D eigenvalue weighted by Gasteiger charge is -2.12. The van der Waals surface area contributed by atoms with Crippen molar-refractivity contribution in [3.8, 4) is 0 Å². The van der Waals surface area contributed by atoms with Gasteiger partial charge in [-0.1, -0.05) is 26.0 Å². The summed E-state index contributed by atoms with van der Waals surface area (Å²) in [5.41, 5.74) is 2.59. The molecule has 2 N–H and O–H groups in total. The lowest BCUT2D eigenvalue weighted by molar-refractivity contribution is 0.0941. The third-order valence-corrected chi connectivity index (χ3v) is 6.21. The molecule has 1 atom stereocenters. The smallest absolute Gasteiger partial charge is 0.251 e. The van der Waals surface area contributed by atoms with Crippen molar-refractivity contribution >= 4 is 27.2 Å². The van der Waals surface area contributed by atoms with Crippen LogP contribution in [0.15, 0.2) is 42.6 Å². The van der Waals surface area contributed by atoms with Gasteiger partial charge in [0.15, 0.2) is 9.84 Å². The number of benzene rings is 1. The molecule has 1 aliphatic heterocycles. The van der Waals surface area contributed by atoms with Gasteiger partial charge in [0.25, 0.3) is 5.91 Å². The van der Waals surface area contributed by atoms with E-state index in [1.807, 2.05) is 12.1 Å². The molecule has 1 saturated heterocycles. The van der Waals surface area contributed by atoms with Gasteiger partial charge in [0.1, 0.15) is 5.82 Å². The van der Waals surface area contributed by atoms with Crippen LogP contribution in [0, 0.1) is 0 Å². The van der Waals surface area contributed by atoms with Gasteiger partial charge in [-0.25, -0.2) is 13.4 Å². The molecule has 2 heterocycles. The summed E-state index contributed by atoms with van der Waals surface area (Å²) in [4.78, 5) is 16.6. The van der Waals surface area contributed by atoms with E-state index < -0.39 is 9.84 Å². The third kappa shape index (κ3) is 4.60. The number of pyridine rings is 1. The van der Waals surface area contributed by atoms with Crippen molar-refractivity contribution in [3.05, 3.63) is 53.7 Å². The Morgan fingerprint density at radius 2 is 1.92 bits per heavy atom. The lowest BCUT2D eigenvalue weighted by atomic mass is 10.0. The number of rotatable bonds is 5. The van der Waals surface area contributed by atoms with Gasteiger partial charge < -0.3 is 10.6 Å². The van der Waals surface area contributed by atoms with E-state index in [1.165, 1.54) is 5.56 Å². The summed E-state index contributed by atoms with van der Waals surface area (Å²) in [5, 5.41) is 5.97. The number of carbonyl (C=O) groups excluding carboxylic acids is 1. The molecule has 7 heteroatoms. The normalized spacial score (nSPS) is 18.7. The second-order valence-electron chi connectivity index (χ2n) is 6.90. The van der Waals surface area contributed by atoms with E-state index in [9.17, 15) is 13.2 Å². The van der Waals surface area contributed by atoms with Gasteiger partial charge in [-0.05, 0) is 42.2 Å². The maximum atomic E-state index is 12.4. The number of carbonyl (C=O) groups is 1. The molecule has 0 radical (unpaired) electrons. The summed E-state index contributed by atoms with van der Waals surface area (Å²) in [7, 11) is -3.02. The molecule has 0 saturated carbocycles. The van der Waals surface area contributed by atoms with Crippen molar-refractivity contribution in [2.24, 2.45) is 0 Å². The maximum Gasteiger partial charge on any atom is 0.251 e. The Morgan fingerprint density at radius 3 is 2.54 bits per heavy atom. The summed E-state index contributed by atoms with van der Waals surface area (Å²) in [6.45, 7) is 4.28. The van der Waals surface area contributed by atoms with Crippen molar-refractivity contribution in [3.63, 3.8) is 0 Å². The molecule has 138 valence electrons. The number of aromatic nitrogens is 1. The molecule has 1 aliphatic rings. The summed E-state index contributed by atoms with van der Waals surface area (Å²) < 4.78 is 23.0. The summed E-state index contributed by atoms with van der Waals surface area (Å²) in [6.07, 6.45) is 2.03. The molecular weight excluding hydrogens is 350 g/mol. The highest BCUT2D eigenvalue weighted by Gasteiger charge is 2.29. The average molecular weight is 373 g/mol. The largest absolute Gasteiger partial charge is 0.348 e. The molecule has 1 aromatic heterocycles. The second-order valence-corrected chi connectivity index (χ2v) is 9.13. The topological polar surface area (TPSA) is 88.2 Å². The van der Waals surface area contributed by atoms with E-state index in [-0.39, 0.29) is 23.5 Å². The molecule has 0 spiro atoms. The Hall–Kier alpha value is -2.41. The van der Waals surface area contributed by atoms with Crippen LogP contribution in [0.25, 0.3) is 0 Å². The quantitative estimate of drug-likeness (QED) is 0.841. The number of sulfone groups is 1. The Morgan fingerprint density at radius 1 is 1.19 bits per heavy atom. The fraction of sp³-hybridized carbons (Fsp3) is 0.368. The highest BCUT2D eigenvalue weighted by Crippen LogP contribution is 2.20. The first-order chi connectivity index (χ1) is 12.3. The van der Waals surface area contributed by atoms with Crippen molar-refractivity contribution in [2.45, 2.75) is 32.2 Å². The first-order valence-corrected chi connectivity index (χ1v) is 10.5. The van der Waals surface area contributed by atoms with E-state index in [1.54, 1.807) is 18.3 Å². The number of hydrogen-bond donors (Lipinski definition) is 2. The second kappa shape index (κ2) is 7.45. The van der Waals surface area contributed by atoms with Crippen molar-refractivity contribution in [1.82, 2.24) is 10.3 Å². The molecule has 26 heavy (non-hydrogen) atoms. The number of anilines is 2. The average Bonchev–Trinajstić information content (AvgIpc) is 2.94. The van der Waals surface area contributed by atoms with Gasteiger partial charge in [-0.3, -0.25) is 4.79 Å². The summed E-state index contributed by atoms with van der Waals surface area (Å²) >= 11 is 0. The van der Waals surface area contributed by atoms with E-state index in [0.29, 0.717) is 23.7 Å². The highest BCUT2D eigenvalue weighted by molar-refractivity contribution is 7.91. The molecule has 0 aliphatic carbocycles. The summed E-state index contributed by atoms with van der Waals surface area (Å²) in [6, 6.07) is 11.0. The first-order valence-electron chi connectivity index (χ1n) is 8.67. The van der Waals surface area contributed by atoms with Crippen molar-refractivity contribution in [1.29, 1.82) is 0 Å². The van der Waals surface area contributed by atoms with Crippen LogP contribution in [-0.2, 0) is 9.84 Å². The zero-order valence-corrected chi connectivity index (χ0v) is 15.7. The first kappa shape index (κ1) is 18.4. The monoisotopic (exact) mass is 373 g/mol. The molecule has 1 amide bonds. The number of amides is 1. The number of nitrogens with zero attached hydrogens (tertiary/aromatic N) is 1. The van der Waals surface area contributed by atoms with Crippen LogP contribution in [0.5, 0.6) is 0 Å². The minimum absolute atomic E-state index is 0.0110. The lowest BCUT2D eigenvalue weighted by Crippen LogP contribution is -2.35. The fourth-order valence-electron chi connectivity index (χ4n) is 2.92. The zero-order valence-electron chi connectivity index (χ0n) is 14.9. The number of hydrogen-bond acceptors (Lipinski definition) is 5. The van der Waals surface area contributed by atoms with Gasteiger partial charge in [0.2, 0.25) is 0 Å². The molecule has 1 aromatic carbocycles. The minimum atomic E-state index is -3.02. The van der Waals surface area contributed by atoms with E-state index in [0.717, 1.165) is 5.69 Å². The molecular formula is C19H23N3O3S. The highest BCUT2D eigenvalue weighted by atomic mass is 32.2. The Labute approximate surface area is 154 Å². The van der Waals surface area contributed by atoms with Crippen LogP contribution < -0.4 is 10.6 Å². The predicted octanol–water partition coefficient (Wildman–Crippen LogP) is 2.87. The van der Waals surface area contributed by atoms with E-state index in [2.05, 4.69) is 41.6 Å². The van der Waals surface area contributed by atoms with Gasteiger partial charge in [-0.15, -0.1) is 0 Å². The molecule has 0 bridgehead atoms. The fourth-order valence-corrected chi connectivity index (χ4v) is 4.59. The number of nitrogens with one attached hydrogen (secondary N) is 2. The standard InChI is InChI=1S/C19H23N3O3S/c1-13(2)14-3-5-16(6-4-14)21-18-11-15(7-9-20-18)19(23)22-17-8-10-26(24,25)12-17/h3-7,9,11,13,17H,8,10,12H2,1-2H3,(H,20,21)(H,22,23). The van der Waals surface area contributed by atoms with E-state index in [4.69, 9.17) is 0 Å². The SMILES string of the molecule is CC(C)c1ccc(Nc2cc(C(=O)NC3CCS(=O)(=O)C3)ccn2)cc1. The van der Waals surface area contributed by atoms with Gasteiger partial charge >= 0.3 is 0 Å². The molecule has 2 aromatic rings. The van der Waals surface area contributed by atoms with Gasteiger partial charge in [-0.2, -0.15) is 0 Å². The predicted molar refractivity (Wildman–Crippen MR) is 103 cm³/mol. The van der Waals surface area contributed by atoms with Gasteiger partial charge in [0, 0.05) is 23.5 Å². The van der Waals surface area contributed by atoms with Crippen LogP contribution in [0.4, 0.5) is 11.5 Å². The van der Waals surface area contributed by atoms with Crippen LogP contribution in [0.1, 0.15) is 42.1 Å². The Balaban J connectivity index is 1.67. The molecule has 6 nitrogen and oxygen atoms in total. The Bertz CT molecular complexity index is 893. The molecule has 1 unspecified atom stereocenters. The van der Waals surface area contributed by atoms with Crippen LogP contribution >= 0.6 is 0 Å². The maximum absolute atomic E-state index is 12.4. The molecule has 1 fully saturated rings. The summed E-state index contributed by atoms with van der Waals surface area (Å²) in [5.74, 6) is 0.889.